The molecule has 2 heteroatoms. The highest BCUT2D eigenvalue weighted by atomic mass is 16.3. The normalized spacial score (nSPS) is 11.6. The average molecular weight is 714 g/mol. The van der Waals surface area contributed by atoms with Crippen LogP contribution in [0.4, 0.5) is 17.1 Å². The van der Waals surface area contributed by atoms with Crippen LogP contribution in [0.2, 0.25) is 0 Å². The highest BCUT2D eigenvalue weighted by molar-refractivity contribution is 6.20. The van der Waals surface area contributed by atoms with Gasteiger partial charge in [-0.3, -0.25) is 0 Å². The lowest BCUT2D eigenvalue weighted by Crippen LogP contribution is -2.12. The molecule has 10 aromatic carbocycles. The molecule has 0 unspecified atom stereocenters. The van der Waals surface area contributed by atoms with Gasteiger partial charge in [-0.2, -0.15) is 0 Å². The summed E-state index contributed by atoms with van der Waals surface area (Å²) in [5.74, 6) is 0. The monoisotopic (exact) mass is 713 g/mol. The van der Waals surface area contributed by atoms with Crippen molar-refractivity contribution in [2.24, 2.45) is 0 Å². The molecule has 0 saturated carbocycles. The number of hydrogen-bond donors (Lipinski definition) is 0. The van der Waals surface area contributed by atoms with E-state index in [0.717, 1.165) is 39.0 Å². The molecule has 1 aromatic heterocycles. The molecule has 0 aliphatic rings. The summed E-state index contributed by atoms with van der Waals surface area (Å²) in [4.78, 5) is 2.43. The molecular weight excluding hydrogens is 679 g/mol. The fraction of sp³-hybridized carbons (Fsp3) is 0. The van der Waals surface area contributed by atoms with E-state index in [9.17, 15) is 0 Å². The Hall–Kier alpha value is -7.42. The Morgan fingerprint density at radius 2 is 0.911 bits per heavy atom. The van der Waals surface area contributed by atoms with Crippen molar-refractivity contribution in [1.82, 2.24) is 0 Å². The van der Waals surface area contributed by atoms with Crippen molar-refractivity contribution in [1.29, 1.82) is 0 Å². The maximum absolute atomic E-state index is 6.29. The van der Waals surface area contributed by atoms with Crippen LogP contribution in [-0.2, 0) is 0 Å². The second kappa shape index (κ2) is 13.2. The number of nitrogens with zero attached hydrogens (tertiary/aromatic N) is 1. The van der Waals surface area contributed by atoms with Crippen LogP contribution in [0.3, 0.4) is 0 Å². The van der Waals surface area contributed by atoms with Crippen molar-refractivity contribution in [2.45, 2.75) is 0 Å². The Balaban J connectivity index is 1.11. The zero-order valence-electron chi connectivity index (χ0n) is 30.6. The molecule has 0 saturated heterocycles. The van der Waals surface area contributed by atoms with E-state index in [1.54, 1.807) is 0 Å². The van der Waals surface area contributed by atoms with E-state index in [4.69, 9.17) is 4.42 Å². The first-order chi connectivity index (χ1) is 27.8. The summed E-state index contributed by atoms with van der Waals surface area (Å²) in [6.45, 7) is 0. The highest BCUT2D eigenvalue weighted by Crippen LogP contribution is 2.46. The maximum Gasteiger partial charge on any atom is 0.136 e. The van der Waals surface area contributed by atoms with Gasteiger partial charge in [0.05, 0.1) is 11.4 Å². The lowest BCUT2D eigenvalue weighted by molar-refractivity contribution is 0.669. The molecule has 0 N–H and O–H groups in total. The van der Waals surface area contributed by atoms with Crippen LogP contribution >= 0.6 is 0 Å². The molecule has 0 aliphatic heterocycles. The minimum absolute atomic E-state index is 0.912. The molecule has 0 spiro atoms. The Morgan fingerprint density at radius 3 is 1.79 bits per heavy atom. The summed E-state index contributed by atoms with van der Waals surface area (Å²) in [7, 11) is 0. The van der Waals surface area contributed by atoms with Gasteiger partial charge in [0.1, 0.15) is 11.2 Å². The lowest BCUT2D eigenvalue weighted by atomic mass is 9.93. The number of anilines is 3. The van der Waals surface area contributed by atoms with Gasteiger partial charge >= 0.3 is 0 Å². The van der Waals surface area contributed by atoms with Gasteiger partial charge in [-0.25, -0.2) is 0 Å². The van der Waals surface area contributed by atoms with Gasteiger partial charge in [0, 0.05) is 27.4 Å². The first kappa shape index (κ1) is 32.0. The summed E-state index contributed by atoms with van der Waals surface area (Å²) >= 11 is 0. The van der Waals surface area contributed by atoms with Crippen LogP contribution in [0.25, 0.3) is 87.6 Å². The van der Waals surface area contributed by atoms with Crippen molar-refractivity contribution >= 4 is 71.3 Å². The smallest absolute Gasteiger partial charge is 0.136 e. The van der Waals surface area contributed by atoms with Gasteiger partial charge in [-0.1, -0.05) is 170 Å². The summed E-state index contributed by atoms with van der Waals surface area (Å²) in [6.07, 6.45) is 0. The summed E-state index contributed by atoms with van der Waals surface area (Å²) < 4.78 is 6.29. The van der Waals surface area contributed by atoms with E-state index in [2.05, 4.69) is 211 Å². The Labute approximate surface area is 325 Å². The van der Waals surface area contributed by atoms with Gasteiger partial charge in [-0.15, -0.1) is 0 Å². The SMILES string of the molecule is c1ccc(-c2ccccc2N(c2ccc(-c3cccc4ccccc34)cc2)c2ccc(-c3ccc4ccc5oc6ccccc6c5c4c3)c3ccccc23)cc1. The third-order valence-corrected chi connectivity index (χ3v) is 11.3. The quantitative estimate of drug-likeness (QED) is 0.171. The van der Waals surface area contributed by atoms with Gasteiger partial charge in [0.2, 0.25) is 0 Å². The van der Waals surface area contributed by atoms with Crippen molar-refractivity contribution in [2.75, 3.05) is 4.90 Å². The van der Waals surface area contributed by atoms with Gasteiger partial charge in [-0.05, 0) is 97.2 Å². The topological polar surface area (TPSA) is 16.4 Å². The maximum atomic E-state index is 6.29. The number of rotatable bonds is 6. The molecule has 56 heavy (non-hydrogen) atoms. The van der Waals surface area contributed by atoms with Crippen molar-refractivity contribution in [3.05, 3.63) is 212 Å². The highest BCUT2D eigenvalue weighted by Gasteiger charge is 2.21. The minimum Gasteiger partial charge on any atom is -0.456 e. The summed E-state index contributed by atoms with van der Waals surface area (Å²) in [5.41, 5.74) is 12.3. The van der Waals surface area contributed by atoms with Crippen molar-refractivity contribution < 1.29 is 4.42 Å². The second-order valence-corrected chi connectivity index (χ2v) is 14.4. The molecule has 0 atom stereocenters. The van der Waals surface area contributed by atoms with Crippen LogP contribution in [0.5, 0.6) is 0 Å². The molecule has 0 aliphatic carbocycles. The van der Waals surface area contributed by atoms with Crippen LogP contribution in [0, 0.1) is 0 Å². The third-order valence-electron chi connectivity index (χ3n) is 11.3. The minimum atomic E-state index is 0.912. The number of furan rings is 1. The van der Waals surface area contributed by atoms with Crippen molar-refractivity contribution in [3.63, 3.8) is 0 Å². The van der Waals surface area contributed by atoms with Crippen LogP contribution in [-0.4, -0.2) is 0 Å². The molecule has 0 amide bonds. The first-order valence-electron chi connectivity index (χ1n) is 19.2. The van der Waals surface area contributed by atoms with E-state index in [-0.39, 0.29) is 0 Å². The van der Waals surface area contributed by atoms with Gasteiger partial charge in [0.15, 0.2) is 0 Å². The van der Waals surface area contributed by atoms with E-state index in [0.29, 0.717) is 0 Å². The molecule has 1 heterocycles. The zero-order chi connectivity index (χ0) is 37.0. The molecular formula is C54H35NO. The molecule has 0 bridgehead atoms. The van der Waals surface area contributed by atoms with Crippen LogP contribution < -0.4 is 4.90 Å². The predicted octanol–water partition coefficient (Wildman–Crippen LogP) is 15.5. The Morgan fingerprint density at radius 1 is 0.304 bits per heavy atom. The third kappa shape index (κ3) is 5.26. The van der Waals surface area contributed by atoms with Crippen LogP contribution in [0.15, 0.2) is 217 Å². The molecule has 2 nitrogen and oxygen atoms in total. The van der Waals surface area contributed by atoms with E-state index < -0.39 is 0 Å². The van der Waals surface area contributed by atoms with Crippen LogP contribution in [0.1, 0.15) is 0 Å². The summed E-state index contributed by atoms with van der Waals surface area (Å²) in [5, 5.41) is 9.58. The van der Waals surface area contributed by atoms with E-state index in [1.807, 2.05) is 6.07 Å². The molecule has 0 fully saturated rings. The first-order valence-corrected chi connectivity index (χ1v) is 19.2. The zero-order valence-corrected chi connectivity index (χ0v) is 30.6. The average Bonchev–Trinajstić information content (AvgIpc) is 3.66. The van der Waals surface area contributed by atoms with Gasteiger partial charge in [0.25, 0.3) is 0 Å². The van der Waals surface area contributed by atoms with Gasteiger partial charge < -0.3 is 9.32 Å². The fourth-order valence-corrected chi connectivity index (χ4v) is 8.65. The molecule has 0 radical (unpaired) electrons. The second-order valence-electron chi connectivity index (χ2n) is 14.4. The Kier molecular flexibility index (Phi) is 7.53. The molecule has 262 valence electrons. The Bertz CT molecular complexity index is 3240. The fourth-order valence-electron chi connectivity index (χ4n) is 8.65. The predicted molar refractivity (Wildman–Crippen MR) is 237 cm³/mol. The summed E-state index contributed by atoms with van der Waals surface area (Å²) in [6, 6.07) is 76.6. The number of hydrogen-bond acceptors (Lipinski definition) is 2. The van der Waals surface area contributed by atoms with E-state index >= 15 is 0 Å². The largest absolute Gasteiger partial charge is 0.456 e. The number of benzene rings is 10. The van der Waals surface area contributed by atoms with E-state index in [1.165, 1.54) is 65.7 Å². The molecule has 11 aromatic rings. The lowest BCUT2D eigenvalue weighted by Gasteiger charge is -2.29. The molecule has 11 rings (SSSR count). The standard InChI is InChI=1S/C54H35NO/c1-2-13-37(14-3-1)45-18-8-10-23-50(45)55(41-30-27-38(28-31-41)43-22-12-16-36-15-4-5-17-42(36)43)51-33-32-44(46-19-6-7-20-47(46)51)40-26-25-39-29-34-53-54(49(39)35-40)48-21-9-11-24-52(48)56-53/h1-35H. The number of para-hydroxylation sites is 2. The van der Waals surface area contributed by atoms with Crippen molar-refractivity contribution in [3.8, 4) is 33.4 Å². The number of fused-ring (bicyclic) bond motifs is 7.